The number of benzene rings is 1. The maximum absolute atomic E-state index is 13.3. The number of hydrogen-bond donors (Lipinski definition) is 0. The van der Waals surface area contributed by atoms with E-state index in [1.807, 2.05) is 36.5 Å². The topological polar surface area (TPSA) is 77.1 Å². The third kappa shape index (κ3) is 7.06. The Labute approximate surface area is 194 Å². The van der Waals surface area contributed by atoms with Crippen molar-refractivity contribution in [3.63, 3.8) is 0 Å². The average molecular weight is 454 g/mol. The van der Waals surface area contributed by atoms with Gasteiger partial charge in [-0.05, 0) is 29.8 Å². The Balaban J connectivity index is 1.73. The lowest BCUT2D eigenvalue weighted by atomic mass is 10.2. The van der Waals surface area contributed by atoms with E-state index < -0.39 is 0 Å². The molecule has 8 nitrogen and oxygen atoms in total. The molecule has 2 heterocycles. The average Bonchev–Trinajstić information content (AvgIpc) is 3.52. The van der Waals surface area contributed by atoms with Crippen molar-refractivity contribution in [2.24, 2.45) is 0 Å². The number of methoxy groups -OCH3 is 2. The Kier molecular flexibility index (Phi) is 9.29. The third-order valence-corrected chi connectivity index (χ3v) is 5.30. The molecule has 0 saturated heterocycles. The number of ether oxygens (including phenoxy) is 2. The van der Waals surface area contributed by atoms with Gasteiger partial charge in [-0.2, -0.15) is 0 Å². The number of carbonyl (C=O) groups excluding carboxylic acids is 2. The van der Waals surface area contributed by atoms with Crippen LogP contribution >= 0.6 is 0 Å². The lowest BCUT2D eigenvalue weighted by Gasteiger charge is -2.27. The number of rotatable bonds is 13. The van der Waals surface area contributed by atoms with Gasteiger partial charge in [0, 0.05) is 45.7 Å². The second-order valence-corrected chi connectivity index (χ2v) is 7.62. The van der Waals surface area contributed by atoms with Crippen molar-refractivity contribution in [1.29, 1.82) is 0 Å². The van der Waals surface area contributed by atoms with Crippen molar-refractivity contribution in [2.75, 3.05) is 47.1 Å². The van der Waals surface area contributed by atoms with Gasteiger partial charge in [-0.1, -0.05) is 30.3 Å². The summed E-state index contributed by atoms with van der Waals surface area (Å²) in [6.07, 6.45) is 3.45. The first-order valence-electron chi connectivity index (χ1n) is 10.9. The van der Waals surface area contributed by atoms with Crippen LogP contribution in [0.2, 0.25) is 0 Å². The van der Waals surface area contributed by atoms with E-state index in [1.54, 1.807) is 31.3 Å². The molecule has 0 aliphatic rings. The monoisotopic (exact) mass is 453 g/mol. The fraction of sp³-hybridized carbons (Fsp3) is 0.360. The molecular weight excluding hydrogens is 422 g/mol. The molecular formula is C25H31N3O5. The summed E-state index contributed by atoms with van der Waals surface area (Å²) in [5, 5.41) is 0. The summed E-state index contributed by atoms with van der Waals surface area (Å²) < 4.78 is 17.7. The molecule has 0 unspecified atom stereocenters. The second kappa shape index (κ2) is 12.6. The minimum Gasteiger partial charge on any atom is -0.459 e. The highest BCUT2D eigenvalue weighted by Crippen LogP contribution is 2.12. The summed E-state index contributed by atoms with van der Waals surface area (Å²) in [4.78, 5) is 29.3. The van der Waals surface area contributed by atoms with Crippen molar-refractivity contribution in [3.8, 4) is 0 Å². The van der Waals surface area contributed by atoms with Crippen molar-refractivity contribution < 1.29 is 23.5 Å². The second-order valence-electron chi connectivity index (χ2n) is 7.62. The summed E-state index contributed by atoms with van der Waals surface area (Å²) in [5.74, 6) is -0.320. The molecule has 0 aliphatic carbocycles. The quantitative estimate of drug-likeness (QED) is 0.398. The molecule has 0 N–H and O–H groups in total. The van der Waals surface area contributed by atoms with Crippen LogP contribution in [0.1, 0.15) is 21.8 Å². The van der Waals surface area contributed by atoms with Crippen LogP contribution in [0, 0.1) is 0 Å². The van der Waals surface area contributed by atoms with Crippen LogP contribution < -0.4 is 0 Å². The predicted molar refractivity (Wildman–Crippen MR) is 124 cm³/mol. The van der Waals surface area contributed by atoms with Gasteiger partial charge in [0.15, 0.2) is 5.76 Å². The van der Waals surface area contributed by atoms with Crippen molar-refractivity contribution >= 4 is 11.8 Å². The molecule has 0 atom stereocenters. The fourth-order valence-electron chi connectivity index (χ4n) is 3.49. The SMILES string of the molecule is COCCN(Cc1cccn1Cc1ccccc1)C(=O)CN(CCOC)C(=O)c1ccco1. The van der Waals surface area contributed by atoms with Crippen LogP contribution in [0.25, 0.3) is 0 Å². The zero-order chi connectivity index (χ0) is 23.5. The van der Waals surface area contributed by atoms with Crippen LogP contribution in [-0.4, -0.2) is 73.2 Å². The molecule has 0 bridgehead atoms. The van der Waals surface area contributed by atoms with E-state index in [2.05, 4.69) is 16.7 Å². The van der Waals surface area contributed by atoms with Crippen LogP contribution in [0.4, 0.5) is 0 Å². The Hall–Kier alpha value is -3.36. The zero-order valence-corrected chi connectivity index (χ0v) is 19.2. The molecule has 0 radical (unpaired) electrons. The molecule has 0 spiro atoms. The molecule has 3 aromatic rings. The van der Waals surface area contributed by atoms with Gasteiger partial charge in [0.25, 0.3) is 5.91 Å². The van der Waals surface area contributed by atoms with E-state index in [4.69, 9.17) is 13.9 Å². The maximum Gasteiger partial charge on any atom is 0.290 e. The molecule has 1 aromatic carbocycles. The number of furan rings is 1. The first kappa shape index (κ1) is 24.3. The Morgan fingerprint density at radius 2 is 1.64 bits per heavy atom. The maximum atomic E-state index is 13.3. The molecule has 2 amide bonds. The Bertz CT molecular complexity index is 985. The Morgan fingerprint density at radius 3 is 2.30 bits per heavy atom. The molecule has 0 aliphatic heterocycles. The summed E-state index contributed by atoms with van der Waals surface area (Å²) in [6, 6.07) is 17.4. The van der Waals surface area contributed by atoms with Crippen LogP contribution in [0.3, 0.4) is 0 Å². The van der Waals surface area contributed by atoms with Crippen LogP contribution in [0.5, 0.6) is 0 Å². The number of hydrogen-bond acceptors (Lipinski definition) is 5. The number of aromatic nitrogens is 1. The summed E-state index contributed by atoms with van der Waals surface area (Å²) in [7, 11) is 3.16. The molecule has 0 fully saturated rings. The molecule has 0 saturated carbocycles. The van der Waals surface area contributed by atoms with E-state index in [-0.39, 0.29) is 30.7 Å². The molecule has 2 aromatic heterocycles. The minimum absolute atomic E-state index is 0.0774. The first-order chi connectivity index (χ1) is 16.1. The van der Waals surface area contributed by atoms with Crippen molar-refractivity contribution in [1.82, 2.24) is 14.4 Å². The van der Waals surface area contributed by atoms with Gasteiger partial charge in [0.1, 0.15) is 6.54 Å². The van der Waals surface area contributed by atoms with Crippen LogP contribution in [0.15, 0.2) is 71.5 Å². The lowest BCUT2D eigenvalue weighted by molar-refractivity contribution is -0.133. The van der Waals surface area contributed by atoms with Crippen molar-refractivity contribution in [3.05, 3.63) is 84.1 Å². The standard InChI is InChI=1S/C25H31N3O5/c1-31-16-13-27(19-22-10-6-12-26(22)18-21-8-4-3-5-9-21)24(29)20-28(14-17-32-2)25(30)23-11-7-15-33-23/h3-12,15H,13-14,16-20H2,1-2H3. The van der Waals surface area contributed by atoms with E-state index in [9.17, 15) is 9.59 Å². The smallest absolute Gasteiger partial charge is 0.290 e. The van der Waals surface area contributed by atoms with Gasteiger partial charge < -0.3 is 28.3 Å². The third-order valence-electron chi connectivity index (χ3n) is 5.30. The first-order valence-corrected chi connectivity index (χ1v) is 10.9. The molecule has 8 heteroatoms. The van der Waals surface area contributed by atoms with Gasteiger partial charge >= 0.3 is 0 Å². The molecule has 176 valence electrons. The van der Waals surface area contributed by atoms with E-state index in [1.165, 1.54) is 16.7 Å². The van der Waals surface area contributed by atoms with Gasteiger partial charge in [-0.25, -0.2) is 0 Å². The van der Waals surface area contributed by atoms with E-state index in [0.29, 0.717) is 32.8 Å². The Morgan fingerprint density at radius 1 is 0.909 bits per heavy atom. The number of carbonyl (C=O) groups is 2. The summed E-state index contributed by atoms with van der Waals surface area (Å²) in [5.41, 5.74) is 2.18. The van der Waals surface area contributed by atoms with Gasteiger partial charge in [0.05, 0.1) is 26.0 Å². The van der Waals surface area contributed by atoms with E-state index in [0.717, 1.165) is 5.69 Å². The zero-order valence-electron chi connectivity index (χ0n) is 19.2. The van der Waals surface area contributed by atoms with E-state index >= 15 is 0 Å². The molecule has 33 heavy (non-hydrogen) atoms. The minimum atomic E-state index is -0.343. The highest BCUT2D eigenvalue weighted by molar-refractivity contribution is 5.94. The number of amides is 2. The van der Waals surface area contributed by atoms with Gasteiger partial charge in [-0.3, -0.25) is 9.59 Å². The summed E-state index contributed by atoms with van der Waals surface area (Å²) in [6.45, 7) is 2.46. The van der Waals surface area contributed by atoms with Gasteiger partial charge in [0.2, 0.25) is 5.91 Å². The fourth-order valence-corrected chi connectivity index (χ4v) is 3.49. The largest absolute Gasteiger partial charge is 0.459 e. The predicted octanol–water partition coefficient (Wildman–Crippen LogP) is 2.89. The van der Waals surface area contributed by atoms with Gasteiger partial charge in [-0.15, -0.1) is 0 Å². The highest BCUT2D eigenvalue weighted by atomic mass is 16.5. The number of nitrogens with zero attached hydrogens (tertiary/aromatic N) is 3. The normalized spacial score (nSPS) is 10.8. The summed E-state index contributed by atoms with van der Waals surface area (Å²) >= 11 is 0. The lowest BCUT2D eigenvalue weighted by Crippen LogP contribution is -2.45. The highest BCUT2D eigenvalue weighted by Gasteiger charge is 2.24. The van der Waals surface area contributed by atoms with Crippen molar-refractivity contribution in [2.45, 2.75) is 13.1 Å². The van der Waals surface area contributed by atoms with Crippen LogP contribution in [-0.2, 0) is 27.4 Å². The molecule has 3 rings (SSSR count).